The maximum Gasteiger partial charge on any atom is 0.119 e. The van der Waals surface area contributed by atoms with Crippen LogP contribution in [-0.4, -0.2) is 13.2 Å². The summed E-state index contributed by atoms with van der Waals surface area (Å²) in [7, 11) is 1.67. The second-order valence-corrected chi connectivity index (χ2v) is 5.79. The maximum atomic E-state index is 5.65. The summed E-state index contributed by atoms with van der Waals surface area (Å²) in [4.78, 5) is 0.168. The van der Waals surface area contributed by atoms with E-state index in [2.05, 4.69) is 40.2 Å². The van der Waals surface area contributed by atoms with Crippen LogP contribution in [0.25, 0.3) is 0 Å². The summed E-state index contributed by atoms with van der Waals surface area (Å²) in [5.74, 6) is 1.77. The third kappa shape index (κ3) is 3.76. The van der Waals surface area contributed by atoms with Crippen molar-refractivity contribution in [3.05, 3.63) is 59.7 Å². The molecule has 0 aliphatic carbocycles. The smallest absolute Gasteiger partial charge is 0.119 e. The Labute approximate surface area is 128 Å². The molecule has 0 fully saturated rings. The molecule has 0 aliphatic heterocycles. The van der Waals surface area contributed by atoms with E-state index < -0.39 is 0 Å². The van der Waals surface area contributed by atoms with Gasteiger partial charge in [0.05, 0.1) is 18.0 Å². The van der Waals surface area contributed by atoms with E-state index in [9.17, 15) is 0 Å². The Hall–Kier alpha value is -1.48. The molecule has 1 atom stereocenters. The van der Waals surface area contributed by atoms with Crippen LogP contribution in [0.5, 0.6) is 11.5 Å². The van der Waals surface area contributed by atoms with Gasteiger partial charge in [0.1, 0.15) is 11.5 Å². The lowest BCUT2D eigenvalue weighted by Gasteiger charge is -2.13. The van der Waals surface area contributed by atoms with E-state index in [1.54, 1.807) is 7.11 Å². The van der Waals surface area contributed by atoms with Gasteiger partial charge in [-0.2, -0.15) is 0 Å². The zero-order valence-electron chi connectivity index (χ0n) is 12.0. The monoisotopic (exact) mass is 334 g/mol. The largest absolute Gasteiger partial charge is 0.497 e. The molecule has 2 rings (SSSR count). The lowest BCUT2D eigenvalue weighted by atomic mass is 10.0. The fourth-order valence-corrected chi connectivity index (χ4v) is 2.56. The first-order valence-electron chi connectivity index (χ1n) is 6.65. The van der Waals surface area contributed by atoms with E-state index in [0.717, 1.165) is 11.5 Å². The van der Waals surface area contributed by atoms with Crippen LogP contribution in [0.3, 0.4) is 0 Å². The highest BCUT2D eigenvalue weighted by Gasteiger charge is 2.10. The van der Waals surface area contributed by atoms with Gasteiger partial charge in [0.2, 0.25) is 0 Å². The maximum absolute atomic E-state index is 5.65. The minimum absolute atomic E-state index is 0.168. The summed E-state index contributed by atoms with van der Waals surface area (Å²) in [5, 5.41) is 0. The highest BCUT2D eigenvalue weighted by molar-refractivity contribution is 9.09. The molecule has 2 nitrogen and oxygen atoms in total. The number of rotatable bonds is 5. The highest BCUT2D eigenvalue weighted by atomic mass is 79.9. The molecule has 0 amide bonds. The molecule has 0 N–H and O–H groups in total. The molecular weight excluding hydrogens is 316 g/mol. The topological polar surface area (TPSA) is 18.5 Å². The predicted octanol–water partition coefficient (Wildman–Crippen LogP) is 4.97. The van der Waals surface area contributed by atoms with E-state index in [1.807, 2.05) is 38.1 Å². The number of benzene rings is 2. The molecule has 3 heteroatoms. The van der Waals surface area contributed by atoms with Gasteiger partial charge in [-0.1, -0.05) is 40.2 Å². The van der Waals surface area contributed by atoms with Crippen LogP contribution in [0, 0.1) is 0 Å². The predicted molar refractivity (Wildman–Crippen MR) is 86.0 cm³/mol. The van der Waals surface area contributed by atoms with Crippen molar-refractivity contribution < 1.29 is 9.47 Å². The van der Waals surface area contributed by atoms with Crippen molar-refractivity contribution in [2.45, 2.75) is 24.8 Å². The number of hydrogen-bond acceptors (Lipinski definition) is 2. The van der Waals surface area contributed by atoms with Crippen molar-refractivity contribution in [2.75, 3.05) is 7.11 Å². The molecule has 0 aromatic heterocycles. The molecule has 2 aromatic rings. The first kappa shape index (κ1) is 14.9. The van der Waals surface area contributed by atoms with E-state index in [-0.39, 0.29) is 10.9 Å². The van der Waals surface area contributed by atoms with E-state index in [0.29, 0.717) is 0 Å². The van der Waals surface area contributed by atoms with Gasteiger partial charge in [0.15, 0.2) is 0 Å². The second kappa shape index (κ2) is 6.80. The summed E-state index contributed by atoms with van der Waals surface area (Å²) in [6.07, 6.45) is 0.196. The molecular formula is C17H19BrO2. The van der Waals surface area contributed by atoms with E-state index in [4.69, 9.17) is 9.47 Å². The fraction of sp³-hybridized carbons (Fsp3) is 0.294. The molecule has 20 heavy (non-hydrogen) atoms. The Morgan fingerprint density at radius 3 is 1.65 bits per heavy atom. The Kier molecular flexibility index (Phi) is 5.07. The number of halogens is 1. The fourth-order valence-electron chi connectivity index (χ4n) is 1.95. The highest BCUT2D eigenvalue weighted by Crippen LogP contribution is 2.32. The van der Waals surface area contributed by atoms with Gasteiger partial charge in [-0.25, -0.2) is 0 Å². The van der Waals surface area contributed by atoms with Crippen LogP contribution in [-0.2, 0) is 0 Å². The van der Waals surface area contributed by atoms with Gasteiger partial charge >= 0.3 is 0 Å². The number of alkyl halides is 1. The third-order valence-electron chi connectivity index (χ3n) is 2.95. The molecule has 106 valence electrons. The average molecular weight is 335 g/mol. The van der Waals surface area contributed by atoms with Crippen LogP contribution in [0.4, 0.5) is 0 Å². The van der Waals surface area contributed by atoms with Gasteiger partial charge < -0.3 is 9.47 Å². The summed E-state index contributed by atoms with van der Waals surface area (Å²) in [6.45, 7) is 4.05. The normalized spacial score (nSPS) is 12.2. The molecule has 1 unspecified atom stereocenters. The van der Waals surface area contributed by atoms with Gasteiger partial charge in [0, 0.05) is 0 Å². The van der Waals surface area contributed by atoms with Gasteiger partial charge in [0.25, 0.3) is 0 Å². The number of ether oxygens (including phenoxy) is 2. The molecule has 0 saturated heterocycles. The molecule has 0 heterocycles. The van der Waals surface area contributed by atoms with Crippen molar-refractivity contribution in [3.63, 3.8) is 0 Å². The zero-order chi connectivity index (χ0) is 14.5. The Morgan fingerprint density at radius 2 is 1.25 bits per heavy atom. The van der Waals surface area contributed by atoms with Crippen molar-refractivity contribution >= 4 is 15.9 Å². The number of hydrogen-bond donors (Lipinski definition) is 0. The summed E-state index contributed by atoms with van der Waals surface area (Å²) >= 11 is 3.73. The first-order chi connectivity index (χ1) is 9.60. The molecule has 2 aromatic carbocycles. The Bertz CT molecular complexity index is 532. The van der Waals surface area contributed by atoms with Crippen LogP contribution in [0.1, 0.15) is 29.8 Å². The average Bonchev–Trinajstić information content (AvgIpc) is 2.47. The lowest BCUT2D eigenvalue weighted by molar-refractivity contribution is 0.242. The SMILES string of the molecule is COc1ccc(C(Br)c2ccc(OC(C)C)cc2)cc1. The van der Waals surface area contributed by atoms with Crippen LogP contribution >= 0.6 is 15.9 Å². The molecule has 0 bridgehead atoms. The Balaban J connectivity index is 2.13. The van der Waals surface area contributed by atoms with E-state index >= 15 is 0 Å². The zero-order valence-corrected chi connectivity index (χ0v) is 13.6. The van der Waals surface area contributed by atoms with Gasteiger partial charge in [-0.15, -0.1) is 0 Å². The minimum atomic E-state index is 0.168. The molecule has 0 saturated carbocycles. The molecule has 0 radical (unpaired) electrons. The lowest BCUT2D eigenvalue weighted by Crippen LogP contribution is -2.05. The van der Waals surface area contributed by atoms with Gasteiger partial charge in [-0.3, -0.25) is 0 Å². The van der Waals surface area contributed by atoms with Crippen LogP contribution in [0.2, 0.25) is 0 Å². The molecule has 0 aliphatic rings. The van der Waals surface area contributed by atoms with Crippen LogP contribution in [0.15, 0.2) is 48.5 Å². The second-order valence-electron chi connectivity index (χ2n) is 4.87. The summed E-state index contributed by atoms with van der Waals surface area (Å²) in [6, 6.07) is 16.3. The summed E-state index contributed by atoms with van der Waals surface area (Å²) < 4.78 is 10.8. The van der Waals surface area contributed by atoms with E-state index in [1.165, 1.54) is 11.1 Å². The third-order valence-corrected chi connectivity index (χ3v) is 4.01. The number of methoxy groups -OCH3 is 1. The summed E-state index contributed by atoms with van der Waals surface area (Å²) in [5.41, 5.74) is 2.40. The van der Waals surface area contributed by atoms with Crippen molar-refractivity contribution in [2.24, 2.45) is 0 Å². The minimum Gasteiger partial charge on any atom is -0.497 e. The van der Waals surface area contributed by atoms with Gasteiger partial charge in [-0.05, 0) is 49.2 Å². The van der Waals surface area contributed by atoms with Crippen molar-refractivity contribution in [1.29, 1.82) is 0 Å². The quantitative estimate of drug-likeness (QED) is 0.719. The molecule has 0 spiro atoms. The standard InChI is InChI=1S/C17H19BrO2/c1-12(2)20-16-10-6-14(7-11-16)17(18)13-4-8-15(19-3)9-5-13/h4-12,17H,1-3H3. The van der Waals surface area contributed by atoms with Crippen molar-refractivity contribution in [3.8, 4) is 11.5 Å². The Morgan fingerprint density at radius 1 is 0.800 bits per heavy atom. The van der Waals surface area contributed by atoms with Crippen molar-refractivity contribution in [1.82, 2.24) is 0 Å². The van der Waals surface area contributed by atoms with Crippen LogP contribution < -0.4 is 9.47 Å². The first-order valence-corrected chi connectivity index (χ1v) is 7.56.